The zero-order valence-corrected chi connectivity index (χ0v) is 18.3. The van der Waals surface area contributed by atoms with Crippen LogP contribution in [0.15, 0.2) is 0 Å². The Kier molecular flexibility index (Phi) is 9.13. The minimum absolute atomic E-state index is 1.26. The summed E-state index contributed by atoms with van der Waals surface area (Å²) in [5.41, 5.74) is 0. The van der Waals surface area contributed by atoms with Crippen LogP contribution in [0.4, 0.5) is 0 Å². The molecular formula is C15H38O2Si3. The second-order valence-electron chi connectivity index (χ2n) is 7.68. The number of unbranched alkanes of at least 4 members (excludes halogenated alkanes) is 3. The molecule has 0 aromatic heterocycles. The van der Waals surface area contributed by atoms with Crippen molar-refractivity contribution in [3.8, 4) is 0 Å². The molecule has 0 N–H and O–H groups in total. The third-order valence-electron chi connectivity index (χ3n) is 3.56. The maximum absolute atomic E-state index is 6.58. The van der Waals surface area contributed by atoms with Crippen LogP contribution in [0, 0.1) is 0 Å². The van der Waals surface area contributed by atoms with Crippen molar-refractivity contribution in [1.29, 1.82) is 0 Å². The third kappa shape index (κ3) is 10.3. The maximum atomic E-state index is 6.58. The van der Waals surface area contributed by atoms with Crippen LogP contribution in [0.25, 0.3) is 0 Å². The molecule has 0 aliphatic rings. The summed E-state index contributed by atoms with van der Waals surface area (Å²) >= 11 is 0. The molecule has 122 valence electrons. The first kappa shape index (κ1) is 20.6. The summed E-state index contributed by atoms with van der Waals surface area (Å²) in [6.45, 7) is 18.5. The minimum Gasteiger partial charge on any atom is -0.437 e. The van der Waals surface area contributed by atoms with Gasteiger partial charge in [0.1, 0.15) is 0 Å². The van der Waals surface area contributed by atoms with E-state index in [0.29, 0.717) is 0 Å². The van der Waals surface area contributed by atoms with Gasteiger partial charge in [-0.1, -0.05) is 46.0 Å². The van der Waals surface area contributed by atoms with Gasteiger partial charge < -0.3 is 8.23 Å². The fourth-order valence-electron chi connectivity index (χ4n) is 2.86. The van der Waals surface area contributed by atoms with Gasteiger partial charge in [0.15, 0.2) is 16.6 Å². The van der Waals surface area contributed by atoms with Crippen LogP contribution >= 0.6 is 0 Å². The van der Waals surface area contributed by atoms with Gasteiger partial charge >= 0.3 is 8.56 Å². The van der Waals surface area contributed by atoms with Gasteiger partial charge in [-0.05, 0) is 51.4 Å². The van der Waals surface area contributed by atoms with Crippen molar-refractivity contribution >= 4 is 25.2 Å². The molecule has 0 aromatic rings. The van der Waals surface area contributed by atoms with Crippen molar-refractivity contribution in [2.75, 3.05) is 0 Å². The third-order valence-corrected chi connectivity index (χ3v) is 15.0. The fraction of sp³-hybridized carbons (Fsp3) is 1.00. The molecule has 0 bridgehead atoms. The highest BCUT2D eigenvalue weighted by molar-refractivity contribution is 6.87. The van der Waals surface area contributed by atoms with E-state index in [0.717, 1.165) is 0 Å². The molecule has 0 atom stereocenters. The normalized spacial score (nSPS) is 13.8. The first-order valence-corrected chi connectivity index (χ1v) is 17.5. The first-order valence-electron chi connectivity index (χ1n) is 8.44. The maximum Gasteiger partial charge on any atom is 0.311 e. The lowest BCUT2D eigenvalue weighted by Gasteiger charge is -2.38. The molecule has 0 amide bonds. The van der Waals surface area contributed by atoms with Crippen molar-refractivity contribution < 1.29 is 8.23 Å². The van der Waals surface area contributed by atoms with E-state index in [1.807, 2.05) is 0 Å². The van der Waals surface area contributed by atoms with Crippen molar-refractivity contribution in [1.82, 2.24) is 0 Å². The number of hydrogen-bond acceptors (Lipinski definition) is 2. The molecule has 0 spiro atoms. The summed E-state index contributed by atoms with van der Waals surface area (Å²) in [6, 6.07) is 2.54. The van der Waals surface area contributed by atoms with Crippen LogP contribution in [0.1, 0.15) is 46.0 Å². The van der Waals surface area contributed by atoms with Crippen molar-refractivity contribution in [3.05, 3.63) is 0 Å². The van der Waals surface area contributed by atoms with E-state index in [9.17, 15) is 0 Å². The molecule has 0 unspecified atom stereocenters. The van der Waals surface area contributed by atoms with E-state index in [1.165, 1.54) is 44.2 Å². The summed E-state index contributed by atoms with van der Waals surface area (Å²) in [5, 5.41) is 0. The molecule has 0 radical (unpaired) electrons. The molecule has 0 heterocycles. The highest BCUT2D eigenvalue weighted by Gasteiger charge is 2.38. The molecule has 5 heteroatoms. The average molecular weight is 335 g/mol. The van der Waals surface area contributed by atoms with Gasteiger partial charge in [0.2, 0.25) is 0 Å². The molecule has 0 saturated heterocycles. The molecule has 0 aliphatic carbocycles. The predicted octanol–water partition coefficient (Wildman–Crippen LogP) is 6.12. The summed E-state index contributed by atoms with van der Waals surface area (Å²) in [6.07, 6.45) is 6.50. The van der Waals surface area contributed by atoms with Crippen LogP contribution in [0.2, 0.25) is 51.4 Å². The Balaban J connectivity index is 4.40. The highest BCUT2D eigenvalue weighted by atomic mass is 28.5. The Morgan fingerprint density at radius 3 is 1.40 bits per heavy atom. The molecule has 0 fully saturated rings. The van der Waals surface area contributed by atoms with Gasteiger partial charge in [0.05, 0.1) is 0 Å². The van der Waals surface area contributed by atoms with E-state index < -0.39 is 25.2 Å². The molecule has 20 heavy (non-hydrogen) atoms. The van der Waals surface area contributed by atoms with Gasteiger partial charge in [-0.25, -0.2) is 0 Å². The highest BCUT2D eigenvalue weighted by Crippen LogP contribution is 2.26. The average Bonchev–Trinajstić information content (AvgIpc) is 2.23. The Bertz CT molecular complexity index is 266. The Labute approximate surface area is 131 Å². The first-order chi connectivity index (χ1) is 9.04. The van der Waals surface area contributed by atoms with Crippen molar-refractivity contribution in [3.63, 3.8) is 0 Å². The lowest BCUT2D eigenvalue weighted by Crippen LogP contribution is -2.52. The second kappa shape index (κ2) is 8.88. The molecule has 0 aromatic carbocycles. The summed E-state index contributed by atoms with van der Waals surface area (Å²) in [5.74, 6) is 0. The van der Waals surface area contributed by atoms with Crippen LogP contribution < -0.4 is 0 Å². The molecular weight excluding hydrogens is 296 g/mol. The van der Waals surface area contributed by atoms with Gasteiger partial charge in [0.25, 0.3) is 0 Å². The smallest absolute Gasteiger partial charge is 0.311 e. The quantitative estimate of drug-likeness (QED) is 0.334. The van der Waals surface area contributed by atoms with Crippen LogP contribution in [-0.4, -0.2) is 25.2 Å². The van der Waals surface area contributed by atoms with Crippen LogP contribution in [0.5, 0.6) is 0 Å². The monoisotopic (exact) mass is 334 g/mol. The lowest BCUT2D eigenvalue weighted by atomic mass is 10.3. The van der Waals surface area contributed by atoms with Crippen molar-refractivity contribution in [2.45, 2.75) is 97.3 Å². The lowest BCUT2D eigenvalue weighted by molar-refractivity contribution is 0.386. The van der Waals surface area contributed by atoms with Gasteiger partial charge in [-0.15, -0.1) is 0 Å². The molecule has 0 saturated carbocycles. The van der Waals surface area contributed by atoms with Gasteiger partial charge in [0, 0.05) is 0 Å². The SMILES string of the molecule is CCCCC[Si](C)(C)O[Si](C)(C)O[Si](C)(C)CCCC. The summed E-state index contributed by atoms with van der Waals surface area (Å²) < 4.78 is 13.1. The number of rotatable bonds is 11. The Morgan fingerprint density at radius 2 is 1.00 bits per heavy atom. The van der Waals surface area contributed by atoms with E-state index >= 15 is 0 Å². The standard InChI is InChI=1S/C15H38O2Si3/c1-9-11-13-15-19(5,6)17-20(7,8)16-18(3,4)14-12-10-2/h9-15H2,1-8H3. The topological polar surface area (TPSA) is 18.5 Å². The zero-order valence-electron chi connectivity index (χ0n) is 15.3. The van der Waals surface area contributed by atoms with Crippen LogP contribution in [-0.2, 0) is 8.23 Å². The van der Waals surface area contributed by atoms with Gasteiger partial charge in [-0.2, -0.15) is 0 Å². The second-order valence-corrected chi connectivity index (χ2v) is 20.2. The summed E-state index contributed by atoms with van der Waals surface area (Å²) in [7, 11) is -5.05. The van der Waals surface area contributed by atoms with E-state index in [2.05, 4.69) is 53.1 Å². The van der Waals surface area contributed by atoms with E-state index in [4.69, 9.17) is 8.23 Å². The Hall–Kier alpha value is 0.571. The minimum atomic E-state index is -1.96. The molecule has 0 rings (SSSR count). The van der Waals surface area contributed by atoms with Crippen molar-refractivity contribution in [2.24, 2.45) is 0 Å². The molecule has 0 aliphatic heterocycles. The number of hydrogen-bond donors (Lipinski definition) is 0. The fourth-order valence-corrected chi connectivity index (χ4v) is 17.2. The van der Waals surface area contributed by atoms with E-state index in [1.54, 1.807) is 0 Å². The molecule has 2 nitrogen and oxygen atoms in total. The van der Waals surface area contributed by atoms with E-state index in [-0.39, 0.29) is 0 Å². The summed E-state index contributed by atoms with van der Waals surface area (Å²) in [4.78, 5) is 0. The zero-order chi connectivity index (χ0) is 15.9. The van der Waals surface area contributed by atoms with Gasteiger partial charge in [-0.3, -0.25) is 0 Å². The largest absolute Gasteiger partial charge is 0.437 e. The predicted molar refractivity (Wildman–Crippen MR) is 98.7 cm³/mol. The van der Waals surface area contributed by atoms with Crippen LogP contribution in [0.3, 0.4) is 0 Å². The Morgan fingerprint density at radius 1 is 0.600 bits per heavy atom.